The molecule has 1 heterocycles. The highest BCUT2D eigenvalue weighted by Crippen LogP contribution is 2.48. The molecule has 1 saturated carbocycles. The zero-order valence-electron chi connectivity index (χ0n) is 9.02. The minimum atomic E-state index is -2.37. The normalized spacial score (nSPS) is 30.6. The van der Waals surface area contributed by atoms with Crippen LogP contribution in [0.1, 0.15) is 39.5 Å². The van der Waals surface area contributed by atoms with Crippen LogP contribution < -0.4 is 0 Å². The molecule has 1 saturated heterocycles. The molecule has 0 aromatic rings. The quantitative estimate of drug-likeness (QED) is 0.633. The van der Waals surface area contributed by atoms with E-state index in [-0.39, 0.29) is 18.3 Å². The zero-order valence-corrected chi connectivity index (χ0v) is 9.02. The van der Waals surface area contributed by atoms with E-state index in [0.717, 1.165) is 25.9 Å². The summed E-state index contributed by atoms with van der Waals surface area (Å²) in [6.07, 6.45) is 1.67. The highest BCUT2D eigenvalue weighted by atomic mass is 19.3. The number of nitrogens with zero attached hydrogens (tertiary/aromatic N) is 1. The first kappa shape index (κ1) is 10.3. The molecule has 0 unspecified atom stereocenters. The summed E-state index contributed by atoms with van der Waals surface area (Å²) in [5, 5.41) is 0. The van der Waals surface area contributed by atoms with Gasteiger partial charge in [-0.1, -0.05) is 0 Å². The maximum atomic E-state index is 13.0. The Labute approximate surface area is 84.5 Å². The molecular formula is C11H19F2N. The van der Waals surface area contributed by atoms with E-state index in [4.69, 9.17) is 0 Å². The van der Waals surface area contributed by atoms with Gasteiger partial charge in [0.2, 0.25) is 5.92 Å². The van der Waals surface area contributed by atoms with Crippen LogP contribution in [0.15, 0.2) is 0 Å². The second-order valence-corrected chi connectivity index (χ2v) is 5.35. The van der Waals surface area contributed by atoms with Gasteiger partial charge in [0.15, 0.2) is 0 Å². The van der Waals surface area contributed by atoms with Crippen molar-refractivity contribution in [3.05, 3.63) is 0 Å². The monoisotopic (exact) mass is 203 g/mol. The lowest BCUT2D eigenvalue weighted by Crippen LogP contribution is -2.60. The summed E-state index contributed by atoms with van der Waals surface area (Å²) in [5.41, 5.74) is 0.256. The molecule has 2 rings (SSSR count). The van der Waals surface area contributed by atoms with E-state index in [0.29, 0.717) is 6.04 Å². The van der Waals surface area contributed by atoms with Gasteiger partial charge in [-0.2, -0.15) is 0 Å². The molecule has 1 nitrogen and oxygen atoms in total. The van der Waals surface area contributed by atoms with Crippen molar-refractivity contribution in [1.29, 1.82) is 0 Å². The third-order valence-corrected chi connectivity index (χ3v) is 3.85. The van der Waals surface area contributed by atoms with Crippen LogP contribution in [0.4, 0.5) is 8.78 Å². The van der Waals surface area contributed by atoms with Crippen molar-refractivity contribution in [2.75, 3.05) is 13.1 Å². The molecule has 1 spiro atoms. The molecule has 1 aliphatic carbocycles. The lowest BCUT2D eigenvalue weighted by Gasteiger charge is -2.55. The summed E-state index contributed by atoms with van der Waals surface area (Å²) in [7, 11) is 0. The van der Waals surface area contributed by atoms with E-state index in [1.807, 2.05) is 0 Å². The van der Waals surface area contributed by atoms with Crippen molar-refractivity contribution in [2.24, 2.45) is 5.41 Å². The average molecular weight is 203 g/mol. The topological polar surface area (TPSA) is 3.24 Å². The summed E-state index contributed by atoms with van der Waals surface area (Å²) in [5.74, 6) is -2.37. The first-order valence-corrected chi connectivity index (χ1v) is 5.54. The van der Waals surface area contributed by atoms with Gasteiger partial charge in [-0.3, -0.25) is 4.90 Å². The SMILES string of the molecule is CC(C)N1CC2(CCC(F)(F)CC2)C1. The largest absolute Gasteiger partial charge is 0.300 e. The molecule has 0 N–H and O–H groups in total. The van der Waals surface area contributed by atoms with Crippen LogP contribution in [0.5, 0.6) is 0 Å². The van der Waals surface area contributed by atoms with Crippen LogP contribution in [0.3, 0.4) is 0 Å². The van der Waals surface area contributed by atoms with Gasteiger partial charge in [0, 0.05) is 32.0 Å². The predicted octanol–water partition coefficient (Wildman–Crippen LogP) is 2.91. The van der Waals surface area contributed by atoms with Crippen LogP contribution in [-0.2, 0) is 0 Å². The second-order valence-electron chi connectivity index (χ2n) is 5.35. The van der Waals surface area contributed by atoms with Crippen LogP contribution in [-0.4, -0.2) is 30.0 Å². The van der Waals surface area contributed by atoms with Gasteiger partial charge in [0.05, 0.1) is 0 Å². The van der Waals surface area contributed by atoms with E-state index in [1.165, 1.54) is 0 Å². The Morgan fingerprint density at radius 3 is 1.93 bits per heavy atom. The first-order valence-electron chi connectivity index (χ1n) is 5.54. The van der Waals surface area contributed by atoms with Crippen molar-refractivity contribution in [3.8, 4) is 0 Å². The molecule has 2 fully saturated rings. The standard InChI is InChI=1S/C11H19F2N/c1-9(2)14-7-10(8-14)3-5-11(12,13)6-4-10/h9H,3-8H2,1-2H3. The molecule has 0 amide bonds. The molecule has 82 valence electrons. The Kier molecular flexibility index (Phi) is 2.33. The van der Waals surface area contributed by atoms with Gasteiger partial charge < -0.3 is 0 Å². The lowest BCUT2D eigenvalue weighted by molar-refractivity contribution is -0.119. The van der Waals surface area contributed by atoms with Crippen LogP contribution in [0, 0.1) is 5.41 Å². The molecule has 1 aliphatic heterocycles. The molecule has 3 heteroatoms. The molecule has 0 bridgehead atoms. The van der Waals surface area contributed by atoms with Gasteiger partial charge in [-0.25, -0.2) is 8.78 Å². The minimum Gasteiger partial charge on any atom is -0.300 e. The second kappa shape index (κ2) is 3.16. The van der Waals surface area contributed by atoms with Crippen molar-refractivity contribution in [3.63, 3.8) is 0 Å². The highest BCUT2D eigenvalue weighted by molar-refractivity contribution is 5.00. The summed E-state index contributed by atoms with van der Waals surface area (Å²) in [4.78, 5) is 2.38. The van der Waals surface area contributed by atoms with E-state index < -0.39 is 5.92 Å². The first-order chi connectivity index (χ1) is 6.43. The van der Waals surface area contributed by atoms with E-state index in [1.54, 1.807) is 0 Å². The maximum absolute atomic E-state index is 13.0. The van der Waals surface area contributed by atoms with E-state index >= 15 is 0 Å². The molecule has 0 aromatic carbocycles. The molecule has 0 radical (unpaired) electrons. The Morgan fingerprint density at radius 1 is 1.00 bits per heavy atom. The third kappa shape index (κ3) is 1.79. The Balaban J connectivity index is 1.86. The Hall–Kier alpha value is -0.180. The van der Waals surface area contributed by atoms with Gasteiger partial charge in [-0.15, -0.1) is 0 Å². The minimum absolute atomic E-state index is 0.110. The van der Waals surface area contributed by atoms with Crippen molar-refractivity contribution < 1.29 is 8.78 Å². The lowest BCUT2D eigenvalue weighted by atomic mass is 9.67. The maximum Gasteiger partial charge on any atom is 0.248 e. The molecule has 0 atom stereocenters. The van der Waals surface area contributed by atoms with Crippen molar-refractivity contribution in [2.45, 2.75) is 51.5 Å². The third-order valence-electron chi connectivity index (χ3n) is 3.85. The number of hydrogen-bond donors (Lipinski definition) is 0. The van der Waals surface area contributed by atoms with Crippen LogP contribution in [0.2, 0.25) is 0 Å². The number of hydrogen-bond acceptors (Lipinski definition) is 1. The van der Waals surface area contributed by atoms with E-state index in [9.17, 15) is 8.78 Å². The Bertz CT molecular complexity index is 200. The average Bonchev–Trinajstić information content (AvgIpc) is 2.00. The predicted molar refractivity (Wildman–Crippen MR) is 52.6 cm³/mol. The summed E-state index contributed by atoms with van der Waals surface area (Å²) < 4.78 is 25.9. The van der Waals surface area contributed by atoms with Gasteiger partial charge in [-0.05, 0) is 32.1 Å². The van der Waals surface area contributed by atoms with Gasteiger partial charge >= 0.3 is 0 Å². The number of alkyl halides is 2. The summed E-state index contributed by atoms with van der Waals surface area (Å²) in [6, 6.07) is 0.572. The van der Waals surface area contributed by atoms with Crippen LogP contribution in [0.25, 0.3) is 0 Å². The van der Waals surface area contributed by atoms with Crippen molar-refractivity contribution in [1.82, 2.24) is 4.90 Å². The highest BCUT2D eigenvalue weighted by Gasteiger charge is 2.49. The van der Waals surface area contributed by atoms with Gasteiger partial charge in [0.25, 0.3) is 0 Å². The molecule has 0 aromatic heterocycles. The number of likely N-dealkylation sites (tertiary alicyclic amines) is 1. The van der Waals surface area contributed by atoms with Crippen molar-refractivity contribution >= 4 is 0 Å². The number of rotatable bonds is 1. The summed E-state index contributed by atoms with van der Waals surface area (Å²) >= 11 is 0. The molecule has 14 heavy (non-hydrogen) atoms. The fraction of sp³-hybridized carbons (Fsp3) is 1.00. The van der Waals surface area contributed by atoms with E-state index in [2.05, 4.69) is 18.7 Å². The molecular weight excluding hydrogens is 184 g/mol. The van der Waals surface area contributed by atoms with Gasteiger partial charge in [0.1, 0.15) is 0 Å². The smallest absolute Gasteiger partial charge is 0.248 e. The fourth-order valence-corrected chi connectivity index (χ4v) is 2.64. The summed E-state index contributed by atoms with van der Waals surface area (Å²) in [6.45, 7) is 6.43. The van der Waals surface area contributed by atoms with Crippen LogP contribution >= 0.6 is 0 Å². The Morgan fingerprint density at radius 2 is 1.50 bits per heavy atom. The molecule has 2 aliphatic rings. The zero-order chi connectivity index (χ0) is 10.4. The fourth-order valence-electron chi connectivity index (χ4n) is 2.64. The number of halogens is 2.